The fourth-order valence-electron chi connectivity index (χ4n) is 3.41. The Bertz CT molecular complexity index is 1370. The van der Waals surface area contributed by atoms with Gasteiger partial charge in [-0.1, -0.05) is 11.6 Å². The highest BCUT2D eigenvalue weighted by molar-refractivity contribution is 7.16. The summed E-state index contributed by atoms with van der Waals surface area (Å²) in [7, 11) is 1.50. The van der Waals surface area contributed by atoms with Crippen molar-refractivity contribution in [3.05, 3.63) is 79.9 Å². The molecule has 0 saturated heterocycles. The number of aliphatic hydroxyl groups is 1. The maximum Gasteiger partial charge on any atom is 0.291 e. The first-order chi connectivity index (χ1) is 16.3. The Kier molecular flexibility index (Phi) is 6.96. The van der Waals surface area contributed by atoms with Gasteiger partial charge in [-0.15, -0.1) is 11.3 Å². The van der Waals surface area contributed by atoms with Crippen LogP contribution < -0.4 is 15.6 Å². The molecule has 0 radical (unpaired) electrons. The van der Waals surface area contributed by atoms with Crippen molar-refractivity contribution in [2.75, 3.05) is 19.0 Å². The van der Waals surface area contributed by atoms with Crippen molar-refractivity contribution < 1.29 is 18.6 Å². The first-order valence-electron chi connectivity index (χ1n) is 10.0. The normalized spacial score (nSPS) is 12.2. The zero-order chi connectivity index (χ0) is 24.4. The van der Waals surface area contributed by atoms with Crippen LogP contribution in [-0.2, 0) is 0 Å². The number of methoxy groups -OCH3 is 1. The van der Waals surface area contributed by atoms with Gasteiger partial charge < -0.3 is 19.7 Å². The van der Waals surface area contributed by atoms with E-state index in [1.807, 2.05) is 13.1 Å². The van der Waals surface area contributed by atoms with E-state index in [9.17, 15) is 18.7 Å². The number of nitrogens with one attached hydrogen (secondary N) is 1. The Morgan fingerprint density at radius 1 is 1.26 bits per heavy atom. The van der Waals surface area contributed by atoms with Crippen LogP contribution in [0.15, 0.2) is 53.7 Å². The zero-order valence-corrected chi connectivity index (χ0v) is 19.6. The van der Waals surface area contributed by atoms with E-state index in [1.54, 1.807) is 41.2 Å². The molecule has 1 atom stereocenters. The molecule has 8 nitrogen and oxygen atoms in total. The van der Waals surface area contributed by atoms with Crippen LogP contribution in [0.25, 0.3) is 5.69 Å². The lowest BCUT2D eigenvalue weighted by molar-refractivity contribution is 0.141. The second-order valence-electron chi connectivity index (χ2n) is 7.31. The van der Waals surface area contributed by atoms with Crippen LogP contribution >= 0.6 is 22.9 Å². The second kappa shape index (κ2) is 9.92. The number of benzene rings is 1. The predicted octanol–water partition coefficient (Wildman–Crippen LogP) is 4.72. The number of anilines is 2. The summed E-state index contributed by atoms with van der Waals surface area (Å²) in [6.07, 6.45) is 0.538. The number of aryl methyl sites for hydroxylation is 1. The largest absolute Gasteiger partial charge is 0.494 e. The first-order valence-corrected chi connectivity index (χ1v) is 11.2. The summed E-state index contributed by atoms with van der Waals surface area (Å²) in [5.74, 6) is 0.479. The molecule has 0 saturated carbocycles. The molecule has 0 aliphatic carbocycles. The average molecular weight is 508 g/mol. The summed E-state index contributed by atoms with van der Waals surface area (Å²) in [5, 5.41) is 16.6. The minimum absolute atomic E-state index is 0.125. The topological polar surface area (TPSA) is 94.2 Å². The van der Waals surface area contributed by atoms with Gasteiger partial charge in [0.15, 0.2) is 0 Å². The quantitative estimate of drug-likeness (QED) is 0.358. The lowest BCUT2D eigenvalue weighted by Gasteiger charge is -2.18. The number of imidazole rings is 1. The third-order valence-electron chi connectivity index (χ3n) is 5.02. The van der Waals surface area contributed by atoms with Crippen molar-refractivity contribution >= 4 is 34.3 Å². The van der Waals surface area contributed by atoms with Crippen LogP contribution in [0.2, 0.25) is 4.34 Å². The van der Waals surface area contributed by atoms with Crippen LogP contribution in [0, 0.1) is 6.92 Å². The highest BCUT2D eigenvalue weighted by atomic mass is 35.5. The molecule has 34 heavy (non-hydrogen) atoms. The molecule has 0 aliphatic heterocycles. The van der Waals surface area contributed by atoms with Crippen molar-refractivity contribution in [2.45, 2.75) is 19.4 Å². The van der Waals surface area contributed by atoms with Gasteiger partial charge >= 0.3 is 0 Å². The number of rotatable bonds is 8. The van der Waals surface area contributed by atoms with Gasteiger partial charge in [-0.05, 0) is 37.3 Å². The molecule has 0 bridgehead atoms. The number of aliphatic hydroxyl groups excluding tert-OH is 1. The van der Waals surface area contributed by atoms with Crippen LogP contribution in [-0.4, -0.2) is 38.2 Å². The van der Waals surface area contributed by atoms with E-state index >= 15 is 0 Å². The molecule has 4 rings (SSSR count). The van der Waals surface area contributed by atoms with Gasteiger partial charge in [0.25, 0.3) is 12.0 Å². The van der Waals surface area contributed by atoms with Crippen molar-refractivity contribution in [1.29, 1.82) is 0 Å². The van der Waals surface area contributed by atoms with Gasteiger partial charge in [0.2, 0.25) is 0 Å². The SMILES string of the molecule is COc1cc(Nc2cc(C(F)F)nn([C@@H](CO)c3ccc(Cl)s3)c2=O)ccc1-n1cnc(C)c1. The minimum Gasteiger partial charge on any atom is -0.494 e. The average Bonchev–Trinajstić information content (AvgIpc) is 3.44. The van der Waals surface area contributed by atoms with E-state index in [2.05, 4.69) is 15.4 Å². The van der Waals surface area contributed by atoms with E-state index in [4.69, 9.17) is 16.3 Å². The fourth-order valence-corrected chi connectivity index (χ4v) is 4.55. The Morgan fingerprint density at radius 3 is 2.65 bits per heavy atom. The molecule has 0 amide bonds. The number of alkyl halides is 2. The summed E-state index contributed by atoms with van der Waals surface area (Å²) in [5.41, 5.74) is 0.560. The zero-order valence-electron chi connectivity index (χ0n) is 18.1. The lowest BCUT2D eigenvalue weighted by Crippen LogP contribution is -2.32. The van der Waals surface area contributed by atoms with Crippen molar-refractivity contribution in [2.24, 2.45) is 0 Å². The van der Waals surface area contributed by atoms with E-state index in [0.717, 1.165) is 27.8 Å². The maximum atomic E-state index is 13.6. The molecule has 0 unspecified atom stereocenters. The highest BCUT2D eigenvalue weighted by Crippen LogP contribution is 2.31. The molecule has 3 aromatic heterocycles. The predicted molar refractivity (Wildman–Crippen MR) is 126 cm³/mol. The monoisotopic (exact) mass is 507 g/mol. The smallest absolute Gasteiger partial charge is 0.291 e. The van der Waals surface area contributed by atoms with E-state index < -0.39 is 30.3 Å². The van der Waals surface area contributed by atoms with Crippen molar-refractivity contribution in [1.82, 2.24) is 19.3 Å². The molecule has 4 aromatic rings. The molecule has 0 aliphatic rings. The van der Waals surface area contributed by atoms with Crippen molar-refractivity contribution in [3.63, 3.8) is 0 Å². The summed E-state index contributed by atoms with van der Waals surface area (Å²) in [4.78, 5) is 17.9. The Labute approximate surface area is 202 Å². The van der Waals surface area contributed by atoms with E-state index in [0.29, 0.717) is 26.3 Å². The Hall–Kier alpha value is -3.28. The highest BCUT2D eigenvalue weighted by Gasteiger charge is 2.23. The third kappa shape index (κ3) is 4.81. The molecule has 178 valence electrons. The Balaban J connectivity index is 1.75. The summed E-state index contributed by atoms with van der Waals surface area (Å²) in [6, 6.07) is 8.32. The van der Waals surface area contributed by atoms with E-state index in [1.165, 1.54) is 7.11 Å². The fraction of sp³-hybridized carbons (Fsp3) is 0.227. The van der Waals surface area contributed by atoms with Gasteiger partial charge in [0, 0.05) is 22.8 Å². The van der Waals surface area contributed by atoms with Gasteiger partial charge in [-0.2, -0.15) is 5.10 Å². The maximum absolute atomic E-state index is 13.6. The van der Waals surface area contributed by atoms with Crippen LogP contribution in [0.5, 0.6) is 5.75 Å². The summed E-state index contributed by atoms with van der Waals surface area (Å²) < 4.78 is 35.8. The van der Waals surface area contributed by atoms with Crippen LogP contribution in [0.3, 0.4) is 0 Å². The molecular weight excluding hydrogens is 488 g/mol. The van der Waals surface area contributed by atoms with Gasteiger partial charge in [-0.25, -0.2) is 18.4 Å². The number of halogens is 3. The van der Waals surface area contributed by atoms with Gasteiger partial charge in [0.1, 0.15) is 23.2 Å². The van der Waals surface area contributed by atoms with Crippen LogP contribution in [0.1, 0.15) is 28.7 Å². The number of hydrogen-bond acceptors (Lipinski definition) is 7. The standard InChI is InChI=1S/C22H20ClF2N5O3S/c1-12-9-29(11-26-12)16-4-3-13(7-18(16)33-2)27-15-8-14(21(24)25)28-30(22(15)32)17(10-31)19-5-6-20(23)34-19/h3-9,11,17,21,27,31H,10H2,1-2H3/t17-/m0/s1. The summed E-state index contributed by atoms with van der Waals surface area (Å²) in [6.45, 7) is 1.33. The molecule has 0 fully saturated rings. The molecule has 12 heteroatoms. The first kappa shape index (κ1) is 23.9. The molecular formula is C22H20ClF2N5O3S. The number of nitrogens with zero attached hydrogens (tertiary/aromatic N) is 4. The molecule has 1 aromatic carbocycles. The number of ether oxygens (including phenoxy) is 1. The van der Waals surface area contributed by atoms with E-state index in [-0.39, 0.29) is 5.69 Å². The molecule has 3 heterocycles. The number of thiophene rings is 1. The second-order valence-corrected chi connectivity index (χ2v) is 9.05. The Morgan fingerprint density at radius 2 is 2.06 bits per heavy atom. The van der Waals surface area contributed by atoms with Crippen molar-refractivity contribution in [3.8, 4) is 11.4 Å². The third-order valence-corrected chi connectivity index (χ3v) is 6.35. The molecule has 0 spiro atoms. The molecule has 2 N–H and O–H groups in total. The number of hydrogen-bond donors (Lipinski definition) is 2. The minimum atomic E-state index is -2.93. The summed E-state index contributed by atoms with van der Waals surface area (Å²) >= 11 is 7.10. The van der Waals surface area contributed by atoms with Crippen LogP contribution in [0.4, 0.5) is 20.2 Å². The van der Waals surface area contributed by atoms with Gasteiger partial charge in [-0.3, -0.25) is 4.79 Å². The number of aromatic nitrogens is 4. The van der Waals surface area contributed by atoms with Gasteiger partial charge in [0.05, 0.1) is 35.8 Å². The lowest BCUT2D eigenvalue weighted by atomic mass is 10.2.